The Kier molecular flexibility index (Phi) is 6.70. The number of aromatic nitrogens is 1. The molecule has 0 saturated carbocycles. The smallest absolute Gasteiger partial charge is 0.410 e. The second-order valence-corrected chi connectivity index (χ2v) is 8.18. The lowest BCUT2D eigenvalue weighted by Gasteiger charge is -2.41. The molecule has 1 N–H and O–H groups in total. The van der Waals surface area contributed by atoms with Gasteiger partial charge < -0.3 is 19.5 Å². The van der Waals surface area contributed by atoms with Crippen LogP contribution in [0.5, 0.6) is 0 Å². The third-order valence-corrected chi connectivity index (χ3v) is 5.03. The number of rotatable bonds is 4. The van der Waals surface area contributed by atoms with E-state index < -0.39 is 17.2 Å². The molecule has 1 unspecified atom stereocenters. The lowest BCUT2D eigenvalue weighted by atomic mass is 9.74. The Hall–Kier alpha value is -1.86. The Balaban J connectivity index is 2.18. The first kappa shape index (κ1) is 21.4. The number of esters is 1. The molecule has 1 aromatic heterocycles. The van der Waals surface area contributed by atoms with Crippen LogP contribution in [0.3, 0.4) is 0 Å². The van der Waals surface area contributed by atoms with Crippen molar-refractivity contribution >= 4 is 23.7 Å². The fraction of sp³-hybridized carbons (Fsp3) is 0.632. The maximum Gasteiger partial charge on any atom is 0.410 e. The molecule has 150 valence electrons. The lowest BCUT2D eigenvalue weighted by molar-refractivity contribution is -0.151. The highest BCUT2D eigenvalue weighted by atomic mass is 35.5. The summed E-state index contributed by atoms with van der Waals surface area (Å²) in [6.07, 6.45) is 3.39. The third-order valence-electron chi connectivity index (χ3n) is 4.70. The SMILES string of the molecule is COC(=O)CC(O)(c1cnccc1Cl)C1CCN(C(=O)OC(C)(C)C)CC1. The number of ether oxygens (including phenoxy) is 2. The van der Waals surface area contributed by atoms with Crippen LogP contribution in [0.15, 0.2) is 18.5 Å². The highest BCUT2D eigenvalue weighted by molar-refractivity contribution is 6.31. The number of methoxy groups -OCH3 is 1. The van der Waals surface area contributed by atoms with Crippen molar-refractivity contribution in [3.63, 3.8) is 0 Å². The summed E-state index contributed by atoms with van der Waals surface area (Å²) < 4.78 is 10.2. The number of pyridine rings is 1. The van der Waals surface area contributed by atoms with Crippen LogP contribution < -0.4 is 0 Å². The van der Waals surface area contributed by atoms with E-state index in [4.69, 9.17) is 21.1 Å². The average molecular weight is 399 g/mol. The molecular formula is C19H27ClN2O5. The minimum atomic E-state index is -1.52. The monoisotopic (exact) mass is 398 g/mol. The zero-order valence-electron chi connectivity index (χ0n) is 16.2. The van der Waals surface area contributed by atoms with Gasteiger partial charge >= 0.3 is 12.1 Å². The summed E-state index contributed by atoms with van der Waals surface area (Å²) in [6.45, 7) is 6.29. The lowest BCUT2D eigenvalue weighted by Crippen LogP contribution is -2.47. The maximum absolute atomic E-state index is 12.3. The van der Waals surface area contributed by atoms with Gasteiger partial charge in [-0.05, 0) is 45.6 Å². The largest absolute Gasteiger partial charge is 0.469 e. The Labute approximate surface area is 164 Å². The van der Waals surface area contributed by atoms with Gasteiger partial charge in [-0.1, -0.05) is 11.6 Å². The molecular weight excluding hydrogens is 372 g/mol. The van der Waals surface area contributed by atoms with Gasteiger partial charge in [0, 0.05) is 36.1 Å². The molecule has 2 heterocycles. The van der Waals surface area contributed by atoms with E-state index in [1.54, 1.807) is 11.0 Å². The van der Waals surface area contributed by atoms with Crippen LogP contribution in [0.4, 0.5) is 4.79 Å². The molecule has 27 heavy (non-hydrogen) atoms. The number of nitrogens with zero attached hydrogens (tertiary/aromatic N) is 2. The number of carbonyl (C=O) groups excluding carboxylic acids is 2. The van der Waals surface area contributed by atoms with E-state index in [0.29, 0.717) is 36.5 Å². The van der Waals surface area contributed by atoms with Crippen LogP contribution in [0.25, 0.3) is 0 Å². The topological polar surface area (TPSA) is 89.0 Å². The molecule has 1 aliphatic rings. The van der Waals surface area contributed by atoms with E-state index in [1.807, 2.05) is 20.8 Å². The molecule has 1 amide bonds. The highest BCUT2D eigenvalue weighted by Crippen LogP contribution is 2.42. The molecule has 0 aromatic carbocycles. The number of aliphatic hydroxyl groups is 1. The standard InChI is InChI=1S/C19H27ClN2O5/c1-18(2,3)27-17(24)22-9-6-13(7-10-22)19(25,11-16(23)26-4)14-12-21-8-5-15(14)20/h5,8,12-13,25H,6-7,9-11H2,1-4H3. The van der Waals surface area contributed by atoms with E-state index in [0.717, 1.165) is 0 Å². The van der Waals surface area contributed by atoms with Crippen molar-refractivity contribution in [3.05, 3.63) is 29.0 Å². The molecule has 1 saturated heterocycles. The number of amides is 1. The molecule has 0 bridgehead atoms. The van der Waals surface area contributed by atoms with Crippen molar-refractivity contribution in [1.82, 2.24) is 9.88 Å². The van der Waals surface area contributed by atoms with Gasteiger partial charge in [0.1, 0.15) is 11.2 Å². The molecule has 7 nitrogen and oxygen atoms in total. The van der Waals surface area contributed by atoms with Crippen LogP contribution in [0.1, 0.15) is 45.6 Å². The van der Waals surface area contributed by atoms with Gasteiger partial charge in [0.15, 0.2) is 0 Å². The van der Waals surface area contributed by atoms with Crippen LogP contribution in [0.2, 0.25) is 5.02 Å². The van der Waals surface area contributed by atoms with Crippen LogP contribution in [-0.2, 0) is 19.9 Å². The van der Waals surface area contributed by atoms with Crippen molar-refractivity contribution < 1.29 is 24.2 Å². The molecule has 1 aromatic rings. The normalized spacial score (nSPS) is 17.9. The third kappa shape index (κ3) is 5.32. The van der Waals surface area contributed by atoms with E-state index >= 15 is 0 Å². The Morgan fingerprint density at radius 2 is 1.96 bits per heavy atom. The number of halogens is 1. The first-order valence-corrected chi connectivity index (χ1v) is 9.31. The summed E-state index contributed by atoms with van der Waals surface area (Å²) in [5, 5.41) is 11.8. The van der Waals surface area contributed by atoms with Crippen LogP contribution >= 0.6 is 11.6 Å². The number of likely N-dealkylation sites (tertiary alicyclic amines) is 1. The minimum Gasteiger partial charge on any atom is -0.469 e. The Bertz CT molecular complexity index is 683. The van der Waals surface area contributed by atoms with Crippen LogP contribution in [-0.4, -0.2) is 52.9 Å². The maximum atomic E-state index is 12.3. The quantitative estimate of drug-likeness (QED) is 0.784. The molecule has 8 heteroatoms. The molecule has 0 spiro atoms. The second-order valence-electron chi connectivity index (χ2n) is 7.77. The average Bonchev–Trinajstić information content (AvgIpc) is 2.60. The van der Waals surface area contributed by atoms with Crippen molar-refractivity contribution in [2.75, 3.05) is 20.2 Å². The van der Waals surface area contributed by atoms with Gasteiger partial charge in [-0.25, -0.2) is 4.79 Å². The molecule has 1 fully saturated rings. The van der Waals surface area contributed by atoms with Gasteiger partial charge in [-0.2, -0.15) is 0 Å². The van der Waals surface area contributed by atoms with Gasteiger partial charge in [0.2, 0.25) is 0 Å². The highest BCUT2D eigenvalue weighted by Gasteiger charge is 2.44. The number of hydrogen-bond acceptors (Lipinski definition) is 6. The summed E-state index contributed by atoms with van der Waals surface area (Å²) in [6, 6.07) is 1.58. The summed E-state index contributed by atoms with van der Waals surface area (Å²) in [5.74, 6) is -0.816. The predicted molar refractivity (Wildman–Crippen MR) is 100 cm³/mol. The van der Waals surface area contributed by atoms with Crippen molar-refractivity contribution in [3.8, 4) is 0 Å². The molecule has 0 aliphatic carbocycles. The predicted octanol–water partition coefficient (Wildman–Crippen LogP) is 3.13. The zero-order valence-corrected chi connectivity index (χ0v) is 17.0. The second kappa shape index (κ2) is 8.44. The number of piperidine rings is 1. The van der Waals surface area contributed by atoms with Gasteiger partial charge in [0.05, 0.1) is 13.5 Å². The fourth-order valence-corrected chi connectivity index (χ4v) is 3.58. The Morgan fingerprint density at radius 3 is 2.48 bits per heavy atom. The summed E-state index contributed by atoms with van der Waals surface area (Å²) in [5.41, 5.74) is -1.69. The van der Waals surface area contributed by atoms with E-state index in [1.165, 1.54) is 19.5 Å². The first-order valence-electron chi connectivity index (χ1n) is 8.94. The van der Waals surface area contributed by atoms with E-state index in [-0.39, 0.29) is 18.4 Å². The van der Waals surface area contributed by atoms with Crippen molar-refractivity contribution in [1.29, 1.82) is 0 Å². The van der Waals surface area contributed by atoms with Crippen molar-refractivity contribution in [2.24, 2.45) is 5.92 Å². The fourth-order valence-electron chi connectivity index (χ4n) is 3.31. The molecule has 1 aliphatic heterocycles. The van der Waals surface area contributed by atoms with Gasteiger partial charge in [0.25, 0.3) is 0 Å². The molecule has 2 rings (SSSR count). The molecule has 0 radical (unpaired) electrons. The number of hydrogen-bond donors (Lipinski definition) is 1. The Morgan fingerprint density at radius 1 is 1.33 bits per heavy atom. The van der Waals surface area contributed by atoms with E-state index in [9.17, 15) is 14.7 Å². The summed E-state index contributed by atoms with van der Waals surface area (Å²) in [7, 11) is 1.28. The first-order chi connectivity index (χ1) is 12.6. The zero-order chi connectivity index (χ0) is 20.2. The minimum absolute atomic E-state index is 0.230. The van der Waals surface area contributed by atoms with Crippen molar-refractivity contribution in [2.45, 2.75) is 51.2 Å². The van der Waals surface area contributed by atoms with Crippen LogP contribution in [0, 0.1) is 5.92 Å². The van der Waals surface area contributed by atoms with E-state index in [2.05, 4.69) is 4.98 Å². The summed E-state index contributed by atoms with van der Waals surface area (Å²) >= 11 is 6.27. The van der Waals surface area contributed by atoms with Gasteiger partial charge in [-0.15, -0.1) is 0 Å². The molecule has 1 atom stereocenters. The summed E-state index contributed by atoms with van der Waals surface area (Å²) in [4.78, 5) is 29.9. The van der Waals surface area contributed by atoms with Gasteiger partial charge in [-0.3, -0.25) is 9.78 Å². The number of carbonyl (C=O) groups is 2.